The molecule has 1 aromatic carbocycles. The molecular weight excluding hydrogens is 410 g/mol. The van der Waals surface area contributed by atoms with Crippen LogP contribution in [0.15, 0.2) is 47.5 Å². The first-order valence-corrected chi connectivity index (χ1v) is 11.5. The molecule has 31 heavy (non-hydrogen) atoms. The molecule has 0 saturated carbocycles. The Balaban J connectivity index is 1.29. The Morgan fingerprint density at radius 2 is 2.10 bits per heavy atom. The molecule has 8 heteroatoms. The zero-order chi connectivity index (χ0) is 21.5. The summed E-state index contributed by atoms with van der Waals surface area (Å²) in [5.74, 6) is -0.141. The van der Waals surface area contributed by atoms with Crippen LogP contribution in [0.2, 0.25) is 0 Å². The summed E-state index contributed by atoms with van der Waals surface area (Å²) < 4.78 is 6.29. The van der Waals surface area contributed by atoms with Gasteiger partial charge in [-0.3, -0.25) is 9.48 Å². The lowest BCUT2D eigenvalue weighted by molar-refractivity contribution is 0.0792. The van der Waals surface area contributed by atoms with Gasteiger partial charge in [-0.05, 0) is 55.0 Å². The van der Waals surface area contributed by atoms with Gasteiger partial charge in [0.25, 0.3) is 5.91 Å². The molecule has 2 aliphatic rings. The van der Waals surface area contributed by atoms with Crippen molar-refractivity contribution in [2.45, 2.75) is 49.9 Å². The van der Waals surface area contributed by atoms with Crippen molar-refractivity contribution >= 4 is 17.9 Å². The minimum Gasteiger partial charge on any atom is -0.386 e. The van der Waals surface area contributed by atoms with Crippen molar-refractivity contribution in [3.8, 4) is 0 Å². The SMILES string of the molecule is Cc1c(SN2CCn3nccc3C2)cc(C(=O)NC2CCc3ccccc3C2O)n1C. The summed E-state index contributed by atoms with van der Waals surface area (Å²) in [7, 11) is 1.92. The summed E-state index contributed by atoms with van der Waals surface area (Å²) in [6.45, 7) is 4.64. The van der Waals surface area contributed by atoms with E-state index in [4.69, 9.17) is 0 Å². The highest BCUT2D eigenvalue weighted by atomic mass is 32.2. The molecule has 2 atom stereocenters. The van der Waals surface area contributed by atoms with E-state index >= 15 is 0 Å². The highest BCUT2D eigenvalue weighted by Gasteiger charge is 2.30. The number of carbonyl (C=O) groups excluding carboxylic acids is 1. The number of aliphatic hydroxyl groups excluding tert-OH is 1. The number of benzene rings is 1. The average molecular weight is 438 g/mol. The van der Waals surface area contributed by atoms with E-state index in [1.807, 2.05) is 59.7 Å². The highest BCUT2D eigenvalue weighted by Crippen LogP contribution is 2.32. The number of rotatable bonds is 4. The predicted octanol–water partition coefficient (Wildman–Crippen LogP) is 2.83. The van der Waals surface area contributed by atoms with Crippen molar-refractivity contribution in [2.75, 3.05) is 6.54 Å². The Kier molecular flexibility index (Phi) is 5.37. The summed E-state index contributed by atoms with van der Waals surface area (Å²) in [5, 5.41) is 18.2. The van der Waals surface area contributed by atoms with Gasteiger partial charge in [-0.15, -0.1) is 0 Å². The lowest BCUT2D eigenvalue weighted by Gasteiger charge is -2.30. The average Bonchev–Trinajstić information content (AvgIpc) is 3.35. The van der Waals surface area contributed by atoms with Crippen LogP contribution in [0.3, 0.4) is 0 Å². The zero-order valence-electron chi connectivity index (χ0n) is 17.8. The van der Waals surface area contributed by atoms with Crippen LogP contribution in [0.5, 0.6) is 0 Å². The van der Waals surface area contributed by atoms with Crippen LogP contribution >= 0.6 is 11.9 Å². The number of aryl methyl sites for hydroxylation is 1. The van der Waals surface area contributed by atoms with E-state index in [0.717, 1.165) is 54.2 Å². The monoisotopic (exact) mass is 437 g/mol. The first-order chi connectivity index (χ1) is 15.0. The molecule has 1 aliphatic heterocycles. The van der Waals surface area contributed by atoms with Crippen molar-refractivity contribution in [2.24, 2.45) is 7.05 Å². The van der Waals surface area contributed by atoms with Gasteiger partial charge < -0.3 is 15.0 Å². The number of carbonyl (C=O) groups is 1. The predicted molar refractivity (Wildman–Crippen MR) is 120 cm³/mol. The van der Waals surface area contributed by atoms with Crippen LogP contribution in [0.25, 0.3) is 0 Å². The van der Waals surface area contributed by atoms with E-state index in [2.05, 4.69) is 20.8 Å². The Labute approximate surface area is 186 Å². The second-order valence-electron chi connectivity index (χ2n) is 8.30. The van der Waals surface area contributed by atoms with Gasteiger partial charge in [0.05, 0.1) is 30.9 Å². The van der Waals surface area contributed by atoms with E-state index in [1.165, 1.54) is 5.69 Å². The quantitative estimate of drug-likeness (QED) is 0.614. The van der Waals surface area contributed by atoms with Crippen molar-refractivity contribution < 1.29 is 9.90 Å². The van der Waals surface area contributed by atoms with Crippen LogP contribution in [0, 0.1) is 6.92 Å². The molecule has 5 rings (SSSR count). The number of aromatic nitrogens is 3. The standard InChI is InChI=1S/C23H27N5O2S/c1-15-21(31-27-11-12-28-17(14-27)9-10-24-28)13-20(26(15)2)23(30)25-19-8-7-16-5-3-4-6-18(16)22(19)29/h3-6,9-10,13,19,22,29H,7-8,11-12,14H2,1-2H3,(H,25,30). The maximum atomic E-state index is 13.1. The molecule has 0 fully saturated rings. The lowest BCUT2D eigenvalue weighted by atomic mass is 9.86. The Morgan fingerprint density at radius 3 is 2.97 bits per heavy atom. The van der Waals surface area contributed by atoms with Crippen LogP contribution in [-0.4, -0.2) is 42.3 Å². The maximum Gasteiger partial charge on any atom is 0.268 e. The topological polar surface area (TPSA) is 75.3 Å². The van der Waals surface area contributed by atoms with E-state index in [0.29, 0.717) is 5.69 Å². The second-order valence-corrected chi connectivity index (χ2v) is 9.44. The first-order valence-electron chi connectivity index (χ1n) is 10.7. The molecular formula is C23H27N5O2S. The number of nitrogens with one attached hydrogen (secondary N) is 1. The molecule has 2 unspecified atom stereocenters. The summed E-state index contributed by atoms with van der Waals surface area (Å²) >= 11 is 1.69. The summed E-state index contributed by atoms with van der Waals surface area (Å²) in [4.78, 5) is 14.2. The van der Waals surface area contributed by atoms with E-state index < -0.39 is 6.10 Å². The molecule has 0 spiro atoms. The molecule has 3 heterocycles. The van der Waals surface area contributed by atoms with Gasteiger partial charge in [-0.2, -0.15) is 5.10 Å². The van der Waals surface area contributed by atoms with Gasteiger partial charge in [0.1, 0.15) is 5.69 Å². The Hall–Kier alpha value is -2.55. The van der Waals surface area contributed by atoms with Gasteiger partial charge in [-0.25, -0.2) is 4.31 Å². The van der Waals surface area contributed by atoms with E-state index in [-0.39, 0.29) is 11.9 Å². The molecule has 3 aromatic rings. The fourth-order valence-corrected chi connectivity index (χ4v) is 5.57. The summed E-state index contributed by atoms with van der Waals surface area (Å²) in [6, 6.07) is 11.7. The fraction of sp³-hybridized carbons (Fsp3) is 0.391. The van der Waals surface area contributed by atoms with Crippen molar-refractivity contribution in [1.82, 2.24) is 24.0 Å². The minimum absolute atomic E-state index is 0.141. The van der Waals surface area contributed by atoms with Crippen molar-refractivity contribution in [3.05, 3.63) is 70.8 Å². The largest absolute Gasteiger partial charge is 0.386 e. The Bertz CT molecular complexity index is 1120. The smallest absolute Gasteiger partial charge is 0.268 e. The third-order valence-corrected chi connectivity index (χ3v) is 7.63. The second kappa shape index (κ2) is 8.18. The van der Waals surface area contributed by atoms with Crippen LogP contribution in [0.1, 0.15) is 45.5 Å². The lowest BCUT2D eigenvalue weighted by Crippen LogP contribution is -2.42. The fourth-order valence-electron chi connectivity index (χ4n) is 4.49. The molecule has 0 bridgehead atoms. The number of amides is 1. The van der Waals surface area contributed by atoms with Crippen LogP contribution < -0.4 is 5.32 Å². The molecule has 2 N–H and O–H groups in total. The van der Waals surface area contributed by atoms with Gasteiger partial charge in [0, 0.05) is 30.4 Å². The molecule has 0 radical (unpaired) electrons. The molecule has 162 valence electrons. The third-order valence-electron chi connectivity index (χ3n) is 6.45. The number of fused-ring (bicyclic) bond motifs is 2. The minimum atomic E-state index is -0.678. The number of nitrogens with zero attached hydrogens (tertiary/aromatic N) is 4. The summed E-state index contributed by atoms with van der Waals surface area (Å²) in [6.07, 6.45) is 2.76. The molecule has 1 aliphatic carbocycles. The normalized spacial score (nSPS) is 20.9. The van der Waals surface area contributed by atoms with Gasteiger partial charge in [-0.1, -0.05) is 24.3 Å². The van der Waals surface area contributed by atoms with Crippen molar-refractivity contribution in [1.29, 1.82) is 0 Å². The molecule has 1 amide bonds. The molecule has 7 nitrogen and oxygen atoms in total. The Morgan fingerprint density at radius 1 is 1.26 bits per heavy atom. The van der Waals surface area contributed by atoms with Gasteiger partial charge in [0.15, 0.2) is 0 Å². The number of hydrogen-bond donors (Lipinski definition) is 2. The zero-order valence-corrected chi connectivity index (χ0v) is 18.6. The van der Waals surface area contributed by atoms with Gasteiger partial charge in [0.2, 0.25) is 0 Å². The van der Waals surface area contributed by atoms with Crippen LogP contribution in [-0.2, 0) is 26.6 Å². The van der Waals surface area contributed by atoms with E-state index in [9.17, 15) is 9.90 Å². The first kappa shape index (κ1) is 20.4. The van der Waals surface area contributed by atoms with Gasteiger partial charge >= 0.3 is 0 Å². The van der Waals surface area contributed by atoms with Crippen LogP contribution in [0.4, 0.5) is 0 Å². The third kappa shape index (κ3) is 3.79. The molecule has 0 saturated heterocycles. The number of aliphatic hydroxyl groups is 1. The van der Waals surface area contributed by atoms with Crippen molar-refractivity contribution in [3.63, 3.8) is 0 Å². The number of hydrogen-bond acceptors (Lipinski definition) is 5. The highest BCUT2D eigenvalue weighted by molar-refractivity contribution is 7.97. The summed E-state index contributed by atoms with van der Waals surface area (Å²) in [5.41, 5.74) is 4.97. The molecule has 2 aromatic heterocycles. The maximum absolute atomic E-state index is 13.1. The van der Waals surface area contributed by atoms with E-state index in [1.54, 1.807) is 11.9 Å².